The maximum Gasteiger partial charge on any atom is 0.261 e. The van der Waals surface area contributed by atoms with Gasteiger partial charge in [0.05, 0.1) is 22.5 Å². The number of carbonyl (C=O) groups excluding carboxylic acids is 1. The van der Waals surface area contributed by atoms with Gasteiger partial charge in [0.2, 0.25) is 0 Å². The van der Waals surface area contributed by atoms with Crippen molar-refractivity contribution < 1.29 is 4.79 Å². The molecule has 0 spiro atoms. The molecule has 28 heavy (non-hydrogen) atoms. The minimum atomic E-state index is -0.00127. The molecule has 6 nitrogen and oxygen atoms in total. The Labute approximate surface area is 174 Å². The van der Waals surface area contributed by atoms with Crippen molar-refractivity contribution in [3.63, 3.8) is 0 Å². The lowest BCUT2D eigenvalue weighted by Gasteiger charge is -2.16. The van der Waals surface area contributed by atoms with Gasteiger partial charge < -0.3 is 11.1 Å². The fourth-order valence-electron chi connectivity index (χ4n) is 3.41. The van der Waals surface area contributed by atoms with E-state index in [4.69, 9.17) is 5.73 Å². The van der Waals surface area contributed by atoms with Gasteiger partial charge >= 0.3 is 0 Å². The molecule has 0 saturated carbocycles. The van der Waals surface area contributed by atoms with Crippen molar-refractivity contribution in [2.45, 2.75) is 39.3 Å². The van der Waals surface area contributed by atoms with Gasteiger partial charge in [-0.25, -0.2) is 4.68 Å². The molecule has 1 amide bonds. The normalized spacial score (nSPS) is 15.6. The zero-order valence-corrected chi connectivity index (χ0v) is 17.4. The van der Waals surface area contributed by atoms with Crippen LogP contribution in [0.1, 0.15) is 44.7 Å². The maximum absolute atomic E-state index is 12.6. The number of aryl methyl sites for hydroxylation is 1. The summed E-state index contributed by atoms with van der Waals surface area (Å²) >= 11 is 1.64. The van der Waals surface area contributed by atoms with Crippen molar-refractivity contribution in [1.82, 2.24) is 20.3 Å². The van der Waals surface area contributed by atoms with Crippen LogP contribution in [0.4, 0.5) is 0 Å². The van der Waals surface area contributed by atoms with Gasteiger partial charge in [-0.3, -0.25) is 4.79 Å². The van der Waals surface area contributed by atoms with E-state index >= 15 is 0 Å². The number of nitrogens with zero attached hydrogens (tertiary/aromatic N) is 3. The van der Waals surface area contributed by atoms with Crippen LogP contribution in [-0.2, 0) is 25.9 Å². The molecule has 2 heterocycles. The van der Waals surface area contributed by atoms with E-state index in [9.17, 15) is 4.79 Å². The molecular formula is C20H24ClN5OS. The van der Waals surface area contributed by atoms with Crippen LogP contribution < -0.4 is 11.1 Å². The van der Waals surface area contributed by atoms with Crippen LogP contribution >= 0.6 is 23.7 Å². The van der Waals surface area contributed by atoms with Crippen LogP contribution in [0.25, 0.3) is 5.69 Å². The third-order valence-corrected chi connectivity index (χ3v) is 6.17. The highest BCUT2D eigenvalue weighted by Crippen LogP contribution is 2.32. The lowest BCUT2D eigenvalue weighted by atomic mass is 9.90. The van der Waals surface area contributed by atoms with Crippen molar-refractivity contribution in [3.05, 3.63) is 63.1 Å². The van der Waals surface area contributed by atoms with Crippen molar-refractivity contribution >= 4 is 29.7 Å². The summed E-state index contributed by atoms with van der Waals surface area (Å²) in [6, 6.07) is 9.97. The number of fused-ring (bicyclic) bond motifs is 1. The smallest absolute Gasteiger partial charge is 0.261 e. The maximum atomic E-state index is 12.6. The molecule has 0 fully saturated rings. The number of aromatic nitrogens is 3. The number of halogens is 1. The minimum absolute atomic E-state index is 0. The summed E-state index contributed by atoms with van der Waals surface area (Å²) in [5, 5.41) is 11.1. The molecule has 3 aromatic rings. The van der Waals surface area contributed by atoms with E-state index in [1.807, 2.05) is 30.5 Å². The Balaban J connectivity index is 0.00000225. The van der Waals surface area contributed by atoms with E-state index in [0.29, 0.717) is 19.0 Å². The van der Waals surface area contributed by atoms with Crippen LogP contribution in [0.5, 0.6) is 0 Å². The van der Waals surface area contributed by atoms with Gasteiger partial charge in [-0.2, -0.15) is 0 Å². The third-order valence-electron chi connectivity index (χ3n) is 4.93. The molecule has 1 unspecified atom stereocenters. The minimum Gasteiger partial charge on any atom is -0.347 e. The second-order valence-electron chi connectivity index (χ2n) is 7.12. The molecule has 4 rings (SSSR count). The number of nitrogens with one attached hydrogen (secondary N) is 1. The molecule has 0 aliphatic heterocycles. The van der Waals surface area contributed by atoms with E-state index in [0.717, 1.165) is 34.7 Å². The number of hydrogen-bond acceptors (Lipinski definition) is 5. The number of carbonyl (C=O) groups is 1. The fourth-order valence-corrected chi connectivity index (χ4v) is 4.54. The number of rotatable bonds is 5. The van der Waals surface area contributed by atoms with E-state index < -0.39 is 0 Å². The molecule has 1 aliphatic carbocycles. The van der Waals surface area contributed by atoms with E-state index in [1.165, 1.54) is 16.9 Å². The number of benzene rings is 1. The second kappa shape index (κ2) is 8.86. The summed E-state index contributed by atoms with van der Waals surface area (Å²) in [6.07, 6.45) is 5.22. The highest BCUT2D eigenvalue weighted by atomic mass is 35.5. The second-order valence-corrected chi connectivity index (χ2v) is 8.25. The highest BCUT2D eigenvalue weighted by Gasteiger charge is 2.20. The molecule has 1 atom stereocenters. The first kappa shape index (κ1) is 20.5. The Morgan fingerprint density at radius 1 is 1.39 bits per heavy atom. The topological polar surface area (TPSA) is 85.8 Å². The summed E-state index contributed by atoms with van der Waals surface area (Å²) in [4.78, 5) is 14.8. The predicted octanol–water partition coefficient (Wildman–Crippen LogP) is 3.26. The predicted molar refractivity (Wildman–Crippen MR) is 113 cm³/mol. The third kappa shape index (κ3) is 4.43. The van der Waals surface area contributed by atoms with Gasteiger partial charge in [0.25, 0.3) is 5.91 Å². The lowest BCUT2D eigenvalue weighted by Crippen LogP contribution is -2.21. The SMILES string of the molecule is CC1CCc2sc(C(=O)NCc3cccc(-n4cc(CN)nn4)c3)cc2C1.Cl. The zero-order chi connectivity index (χ0) is 18.8. The summed E-state index contributed by atoms with van der Waals surface area (Å²) in [7, 11) is 0. The van der Waals surface area contributed by atoms with Crippen LogP contribution in [-0.4, -0.2) is 20.9 Å². The van der Waals surface area contributed by atoms with Crippen molar-refractivity contribution in [2.75, 3.05) is 0 Å². The Bertz CT molecular complexity index is 967. The first-order chi connectivity index (χ1) is 13.1. The lowest BCUT2D eigenvalue weighted by molar-refractivity contribution is 0.0955. The molecule has 0 saturated heterocycles. The summed E-state index contributed by atoms with van der Waals surface area (Å²) in [6.45, 7) is 3.11. The summed E-state index contributed by atoms with van der Waals surface area (Å²) in [5.74, 6) is 0.709. The summed E-state index contributed by atoms with van der Waals surface area (Å²) < 4.78 is 1.70. The number of nitrogens with two attached hydrogens (primary N) is 1. The number of hydrogen-bond donors (Lipinski definition) is 2. The summed E-state index contributed by atoms with van der Waals surface area (Å²) in [5.41, 5.74) is 9.60. The van der Waals surface area contributed by atoms with Gasteiger partial charge in [-0.05, 0) is 54.5 Å². The van der Waals surface area contributed by atoms with Crippen LogP contribution in [0.3, 0.4) is 0 Å². The average molecular weight is 418 g/mol. The Morgan fingerprint density at radius 3 is 3.04 bits per heavy atom. The van der Waals surface area contributed by atoms with Crippen molar-refractivity contribution in [2.24, 2.45) is 11.7 Å². The number of amides is 1. The van der Waals surface area contributed by atoms with Crippen molar-refractivity contribution in [1.29, 1.82) is 0 Å². The van der Waals surface area contributed by atoms with Crippen LogP contribution in [0.2, 0.25) is 0 Å². The fraction of sp³-hybridized carbons (Fsp3) is 0.350. The van der Waals surface area contributed by atoms with Gasteiger partial charge in [0, 0.05) is 18.0 Å². The molecular weight excluding hydrogens is 394 g/mol. The number of thiophene rings is 1. The van der Waals surface area contributed by atoms with E-state index in [1.54, 1.807) is 16.0 Å². The highest BCUT2D eigenvalue weighted by molar-refractivity contribution is 7.14. The van der Waals surface area contributed by atoms with Crippen LogP contribution in [0, 0.1) is 5.92 Å². The molecule has 0 bridgehead atoms. The first-order valence-electron chi connectivity index (χ1n) is 9.23. The van der Waals surface area contributed by atoms with Gasteiger partial charge in [0.15, 0.2) is 0 Å². The molecule has 8 heteroatoms. The standard InChI is InChI=1S/C20H23N5OS.ClH/c1-13-5-6-18-15(7-13)9-19(27-18)20(26)22-11-14-3-2-4-17(8-14)25-12-16(10-21)23-24-25;/h2-4,8-9,12-13H,5-7,10-11,21H2,1H3,(H,22,26);1H. The van der Waals surface area contributed by atoms with Crippen LogP contribution in [0.15, 0.2) is 36.5 Å². The molecule has 0 radical (unpaired) electrons. The first-order valence-corrected chi connectivity index (χ1v) is 10.0. The average Bonchev–Trinajstić information content (AvgIpc) is 3.33. The monoisotopic (exact) mass is 417 g/mol. The molecule has 3 N–H and O–H groups in total. The molecule has 1 aromatic carbocycles. The quantitative estimate of drug-likeness (QED) is 0.667. The van der Waals surface area contributed by atoms with Gasteiger partial charge in [-0.15, -0.1) is 28.8 Å². The largest absolute Gasteiger partial charge is 0.347 e. The Hall–Kier alpha value is -2.22. The van der Waals surface area contributed by atoms with Gasteiger partial charge in [-0.1, -0.05) is 24.3 Å². The molecule has 2 aromatic heterocycles. The van der Waals surface area contributed by atoms with Crippen molar-refractivity contribution in [3.8, 4) is 5.69 Å². The van der Waals surface area contributed by atoms with E-state index in [-0.39, 0.29) is 18.3 Å². The van der Waals surface area contributed by atoms with E-state index in [2.05, 4.69) is 28.6 Å². The Morgan fingerprint density at radius 2 is 2.25 bits per heavy atom. The zero-order valence-electron chi connectivity index (χ0n) is 15.7. The molecule has 148 valence electrons. The van der Waals surface area contributed by atoms with Gasteiger partial charge in [0.1, 0.15) is 0 Å². The molecule has 1 aliphatic rings. The Kier molecular flexibility index (Phi) is 6.49.